The molecule has 0 unspecified atom stereocenters. The van der Waals surface area contributed by atoms with Gasteiger partial charge in [0, 0.05) is 10.9 Å². The number of hydrogen-bond donors (Lipinski definition) is 3. The number of carbonyl (C=O) groups is 1. The van der Waals surface area contributed by atoms with E-state index >= 15 is 0 Å². The van der Waals surface area contributed by atoms with E-state index < -0.39 is 30.0 Å². The summed E-state index contributed by atoms with van der Waals surface area (Å²) in [6.07, 6.45) is 0. The predicted molar refractivity (Wildman–Crippen MR) is 98.5 cm³/mol. The van der Waals surface area contributed by atoms with E-state index in [9.17, 15) is 21.6 Å². The quantitative estimate of drug-likeness (QED) is 0.560. The van der Waals surface area contributed by atoms with Crippen LogP contribution in [0.3, 0.4) is 0 Å². The van der Waals surface area contributed by atoms with E-state index in [2.05, 4.69) is 0 Å². The third kappa shape index (κ3) is 5.11. The van der Waals surface area contributed by atoms with Gasteiger partial charge < -0.3 is 5.73 Å². The number of carbonyl (C=O) groups excluding carboxylic acids is 1. The van der Waals surface area contributed by atoms with Crippen molar-refractivity contribution in [1.82, 2.24) is 0 Å². The van der Waals surface area contributed by atoms with Gasteiger partial charge in [0.2, 0.25) is 5.91 Å². The van der Waals surface area contributed by atoms with Crippen molar-refractivity contribution in [2.75, 3.05) is 0 Å². The van der Waals surface area contributed by atoms with E-state index in [1.807, 2.05) is 6.07 Å². The minimum atomic E-state index is -4.78. The Balaban J connectivity index is 0.000000244. The lowest BCUT2D eigenvalue weighted by molar-refractivity contribution is 0.1000. The summed E-state index contributed by atoms with van der Waals surface area (Å²) in [4.78, 5) is 8.76. The van der Waals surface area contributed by atoms with Crippen molar-refractivity contribution < 1.29 is 30.7 Å². The van der Waals surface area contributed by atoms with Gasteiger partial charge in [0.15, 0.2) is 0 Å². The fraction of sp³-hybridized carbons (Fsp3) is 0. The van der Waals surface area contributed by atoms with E-state index in [0.29, 0.717) is 10.9 Å². The molecule has 3 rings (SSSR count). The molecule has 0 atom stereocenters. The van der Waals surface area contributed by atoms with Crippen LogP contribution in [0.2, 0.25) is 0 Å². The Hall–Kier alpha value is -2.79. The van der Waals surface area contributed by atoms with Crippen LogP contribution in [0.5, 0.6) is 0 Å². The zero-order valence-corrected chi connectivity index (χ0v) is 15.3. The summed E-state index contributed by atoms with van der Waals surface area (Å²) in [6, 6.07) is 17.0. The standard InChI is InChI=1S/C10H8O6S2.C7H7NO/c11-17(12,13)9-6-5-7-3-1-2-4-8(7)10(9)18(14,15)16;8-7(9)6-4-2-1-3-5-6/h1-6H,(H,11,12,13)(H,14,15,16);1-5H,(H2,8,9). The Morgan fingerprint density at radius 2 is 1.30 bits per heavy atom. The van der Waals surface area contributed by atoms with Gasteiger partial charge in [-0.1, -0.05) is 48.5 Å². The van der Waals surface area contributed by atoms with Crippen LogP contribution in [-0.2, 0) is 20.2 Å². The highest BCUT2D eigenvalue weighted by Crippen LogP contribution is 2.29. The molecule has 27 heavy (non-hydrogen) atoms. The zero-order valence-electron chi connectivity index (χ0n) is 13.7. The Bertz CT molecular complexity index is 1190. The van der Waals surface area contributed by atoms with Gasteiger partial charge in [-0.3, -0.25) is 13.9 Å². The first kappa shape index (κ1) is 20.5. The molecule has 0 aromatic heterocycles. The molecule has 0 aliphatic carbocycles. The molecule has 10 heteroatoms. The topological polar surface area (TPSA) is 152 Å². The molecule has 8 nitrogen and oxygen atoms in total. The lowest BCUT2D eigenvalue weighted by Crippen LogP contribution is -2.09. The molecule has 3 aromatic rings. The SMILES string of the molecule is NC(=O)c1ccccc1.O=S(=O)(O)c1ccc2ccccc2c1S(=O)(=O)O. The number of benzene rings is 3. The number of hydrogen-bond acceptors (Lipinski definition) is 5. The molecular formula is C17H15NO7S2. The van der Waals surface area contributed by atoms with E-state index in [1.54, 1.807) is 36.4 Å². The van der Waals surface area contributed by atoms with Crippen molar-refractivity contribution in [2.45, 2.75) is 9.79 Å². The summed E-state index contributed by atoms with van der Waals surface area (Å²) in [5, 5.41) is 0.452. The molecule has 0 fully saturated rings. The highest BCUT2D eigenvalue weighted by atomic mass is 32.2. The Morgan fingerprint density at radius 1 is 0.741 bits per heavy atom. The summed E-state index contributed by atoms with van der Waals surface area (Å²) in [5.41, 5.74) is 5.53. The van der Waals surface area contributed by atoms with Gasteiger partial charge in [-0.25, -0.2) is 0 Å². The maximum Gasteiger partial charge on any atom is 0.296 e. The van der Waals surface area contributed by atoms with Gasteiger partial charge in [-0.15, -0.1) is 0 Å². The molecule has 1 amide bonds. The Labute approximate surface area is 155 Å². The minimum absolute atomic E-state index is 0.0233. The molecule has 0 spiro atoms. The fourth-order valence-electron chi connectivity index (χ4n) is 2.29. The number of fused-ring (bicyclic) bond motifs is 1. The molecular weight excluding hydrogens is 394 g/mol. The summed E-state index contributed by atoms with van der Waals surface area (Å²) >= 11 is 0. The second-order valence-corrected chi connectivity index (χ2v) is 8.04. The molecule has 0 saturated carbocycles. The molecule has 0 heterocycles. The van der Waals surface area contributed by atoms with Crippen LogP contribution in [0.15, 0.2) is 76.5 Å². The molecule has 142 valence electrons. The monoisotopic (exact) mass is 409 g/mol. The zero-order chi connectivity index (χ0) is 20.2. The van der Waals surface area contributed by atoms with Crippen LogP contribution < -0.4 is 5.73 Å². The predicted octanol–water partition coefficient (Wildman–Crippen LogP) is 2.12. The van der Waals surface area contributed by atoms with Crippen LogP contribution in [0.1, 0.15) is 10.4 Å². The largest absolute Gasteiger partial charge is 0.366 e. The van der Waals surface area contributed by atoms with E-state index in [-0.39, 0.29) is 11.3 Å². The molecule has 0 saturated heterocycles. The van der Waals surface area contributed by atoms with Crippen molar-refractivity contribution >= 4 is 36.9 Å². The lowest BCUT2D eigenvalue weighted by Gasteiger charge is -2.08. The van der Waals surface area contributed by atoms with Crippen LogP contribution in [0, 0.1) is 0 Å². The average Bonchev–Trinajstić information content (AvgIpc) is 2.60. The maximum absolute atomic E-state index is 11.3. The van der Waals surface area contributed by atoms with Crippen LogP contribution >= 0.6 is 0 Å². The van der Waals surface area contributed by atoms with Crippen molar-refractivity contribution in [3.8, 4) is 0 Å². The molecule has 0 radical (unpaired) electrons. The number of rotatable bonds is 3. The van der Waals surface area contributed by atoms with E-state index in [0.717, 1.165) is 6.07 Å². The van der Waals surface area contributed by atoms with Crippen LogP contribution in [0.25, 0.3) is 10.8 Å². The van der Waals surface area contributed by atoms with Crippen molar-refractivity contribution in [3.05, 3.63) is 72.3 Å². The maximum atomic E-state index is 11.3. The highest BCUT2D eigenvalue weighted by molar-refractivity contribution is 7.89. The van der Waals surface area contributed by atoms with Gasteiger partial charge in [-0.2, -0.15) is 16.8 Å². The first-order valence-electron chi connectivity index (χ1n) is 7.33. The van der Waals surface area contributed by atoms with Crippen molar-refractivity contribution in [2.24, 2.45) is 5.73 Å². The van der Waals surface area contributed by atoms with E-state index in [1.165, 1.54) is 18.2 Å². The van der Waals surface area contributed by atoms with Gasteiger partial charge in [-0.05, 0) is 23.6 Å². The van der Waals surface area contributed by atoms with Crippen LogP contribution in [0.4, 0.5) is 0 Å². The Kier molecular flexibility index (Phi) is 5.96. The van der Waals surface area contributed by atoms with Crippen molar-refractivity contribution in [3.63, 3.8) is 0 Å². The molecule has 0 bridgehead atoms. The first-order valence-corrected chi connectivity index (χ1v) is 10.2. The average molecular weight is 409 g/mol. The lowest BCUT2D eigenvalue weighted by atomic mass is 10.1. The summed E-state index contributed by atoms with van der Waals surface area (Å²) in [6.45, 7) is 0. The molecule has 4 N–H and O–H groups in total. The number of amides is 1. The third-order valence-electron chi connectivity index (χ3n) is 3.44. The third-order valence-corrected chi connectivity index (χ3v) is 5.42. The van der Waals surface area contributed by atoms with Gasteiger partial charge in [0.1, 0.15) is 9.79 Å². The fourth-order valence-corrected chi connectivity index (χ4v) is 4.30. The normalized spacial score (nSPS) is 11.5. The minimum Gasteiger partial charge on any atom is -0.366 e. The second-order valence-electron chi connectivity index (χ2n) is 5.29. The molecule has 0 aliphatic rings. The summed E-state index contributed by atoms with van der Waals surface area (Å²) in [7, 11) is -9.53. The van der Waals surface area contributed by atoms with Gasteiger partial charge in [0.05, 0.1) is 0 Å². The highest BCUT2D eigenvalue weighted by Gasteiger charge is 2.26. The number of nitrogens with two attached hydrogens (primary N) is 1. The first-order chi connectivity index (χ1) is 12.5. The Morgan fingerprint density at radius 3 is 1.78 bits per heavy atom. The van der Waals surface area contributed by atoms with Gasteiger partial charge in [0.25, 0.3) is 20.2 Å². The molecule has 3 aromatic carbocycles. The number of primary amides is 1. The van der Waals surface area contributed by atoms with Gasteiger partial charge >= 0.3 is 0 Å². The second kappa shape index (κ2) is 7.84. The van der Waals surface area contributed by atoms with E-state index in [4.69, 9.17) is 14.8 Å². The smallest absolute Gasteiger partial charge is 0.296 e. The van der Waals surface area contributed by atoms with Crippen LogP contribution in [-0.4, -0.2) is 31.8 Å². The summed E-state index contributed by atoms with van der Waals surface area (Å²) < 4.78 is 63.0. The summed E-state index contributed by atoms with van der Waals surface area (Å²) in [5.74, 6) is -0.379. The molecule has 0 aliphatic heterocycles. The van der Waals surface area contributed by atoms with Crippen molar-refractivity contribution in [1.29, 1.82) is 0 Å².